The first-order valence-electron chi connectivity index (χ1n) is 10.2. The molecule has 1 atom stereocenters. The number of nitrogens with one attached hydrogen (secondary N) is 1. The van der Waals surface area contributed by atoms with Gasteiger partial charge in [-0.3, -0.25) is 23.9 Å². The van der Waals surface area contributed by atoms with Gasteiger partial charge in [0.2, 0.25) is 5.91 Å². The normalized spacial score (nSPS) is 15.4. The van der Waals surface area contributed by atoms with Crippen molar-refractivity contribution in [3.63, 3.8) is 0 Å². The summed E-state index contributed by atoms with van der Waals surface area (Å²) >= 11 is 0. The Bertz CT molecular complexity index is 1130. The number of hydrogen-bond donors (Lipinski definition) is 1. The highest BCUT2D eigenvalue weighted by molar-refractivity contribution is 5.95. The van der Waals surface area contributed by atoms with Crippen molar-refractivity contribution in [2.75, 3.05) is 0 Å². The third kappa shape index (κ3) is 5.03. The lowest BCUT2D eigenvalue weighted by Gasteiger charge is -2.19. The minimum Gasteiger partial charge on any atom is -0.426 e. The van der Waals surface area contributed by atoms with Crippen LogP contribution in [0.2, 0.25) is 0 Å². The minimum atomic E-state index is -0.645. The largest absolute Gasteiger partial charge is 0.426 e. The molecule has 1 aliphatic heterocycles. The smallest absolute Gasteiger partial charge is 0.320 e. The van der Waals surface area contributed by atoms with Crippen LogP contribution in [0.25, 0.3) is 11.3 Å². The Hall–Kier alpha value is -3.81. The van der Waals surface area contributed by atoms with E-state index in [-0.39, 0.29) is 5.56 Å². The van der Waals surface area contributed by atoms with Gasteiger partial charge in [-0.25, -0.2) is 4.98 Å². The van der Waals surface area contributed by atoms with Gasteiger partial charge in [0.25, 0.3) is 5.56 Å². The van der Waals surface area contributed by atoms with Crippen LogP contribution >= 0.6 is 0 Å². The fourth-order valence-electron chi connectivity index (χ4n) is 3.60. The van der Waals surface area contributed by atoms with E-state index in [1.165, 1.54) is 6.07 Å². The molecule has 0 saturated carbocycles. The number of amides is 1. The Morgan fingerprint density at radius 1 is 1.10 bits per heavy atom. The molecule has 3 aromatic rings. The van der Waals surface area contributed by atoms with Crippen molar-refractivity contribution in [2.45, 2.75) is 38.3 Å². The van der Waals surface area contributed by atoms with E-state index in [1.807, 2.05) is 6.07 Å². The highest BCUT2D eigenvalue weighted by Gasteiger charge is 2.25. The SMILES string of the molecule is O=C(CC(=O)Oc1ccccc1)NC1CCCCn2c1nc(-c1ccncc1)cc2=O. The first kappa shape index (κ1) is 20.5. The molecule has 158 valence electrons. The number of hydrogen-bond acceptors (Lipinski definition) is 6. The summed E-state index contributed by atoms with van der Waals surface area (Å²) in [6.45, 7) is 0.542. The highest BCUT2D eigenvalue weighted by Crippen LogP contribution is 2.24. The van der Waals surface area contributed by atoms with Gasteiger partial charge in [0.15, 0.2) is 0 Å². The number of benzene rings is 1. The summed E-state index contributed by atoms with van der Waals surface area (Å²) < 4.78 is 6.79. The fraction of sp³-hybridized carbons (Fsp3) is 0.261. The molecule has 0 saturated heterocycles. The third-order valence-electron chi connectivity index (χ3n) is 5.07. The number of carbonyl (C=O) groups excluding carboxylic acids is 2. The Labute approximate surface area is 178 Å². The summed E-state index contributed by atoms with van der Waals surface area (Å²) in [6, 6.07) is 13.2. The summed E-state index contributed by atoms with van der Waals surface area (Å²) in [4.78, 5) is 46.1. The van der Waals surface area contributed by atoms with Crippen molar-refractivity contribution >= 4 is 11.9 Å². The van der Waals surface area contributed by atoms with Crippen LogP contribution in [0.15, 0.2) is 65.7 Å². The molecule has 1 amide bonds. The number of para-hydroxylation sites is 1. The summed E-state index contributed by atoms with van der Waals surface area (Å²) in [5.41, 5.74) is 1.14. The second-order valence-electron chi connectivity index (χ2n) is 7.31. The lowest BCUT2D eigenvalue weighted by atomic mass is 10.1. The van der Waals surface area contributed by atoms with Crippen molar-refractivity contribution in [2.24, 2.45) is 0 Å². The number of nitrogens with zero attached hydrogens (tertiary/aromatic N) is 3. The van der Waals surface area contributed by atoms with Gasteiger partial charge in [-0.15, -0.1) is 0 Å². The van der Waals surface area contributed by atoms with Crippen LogP contribution in [-0.4, -0.2) is 26.4 Å². The second-order valence-corrected chi connectivity index (χ2v) is 7.31. The van der Waals surface area contributed by atoms with Gasteiger partial charge in [0.05, 0.1) is 11.7 Å². The number of fused-ring (bicyclic) bond motifs is 1. The molecule has 1 N–H and O–H groups in total. The van der Waals surface area contributed by atoms with Crippen LogP contribution in [0.3, 0.4) is 0 Å². The number of pyridine rings is 1. The quantitative estimate of drug-likeness (QED) is 0.388. The molecule has 8 nitrogen and oxygen atoms in total. The number of rotatable bonds is 5. The zero-order chi connectivity index (χ0) is 21.6. The molecule has 0 spiro atoms. The van der Waals surface area contributed by atoms with Crippen LogP contribution in [0.1, 0.15) is 37.5 Å². The van der Waals surface area contributed by atoms with Crippen molar-refractivity contribution < 1.29 is 14.3 Å². The lowest BCUT2D eigenvalue weighted by Crippen LogP contribution is -2.35. The predicted octanol–water partition coefficient (Wildman–Crippen LogP) is 2.64. The summed E-state index contributed by atoms with van der Waals surface area (Å²) in [5.74, 6) is -0.229. The molecule has 1 aromatic carbocycles. The maximum Gasteiger partial charge on any atom is 0.320 e. The molecule has 0 fully saturated rings. The average molecular weight is 418 g/mol. The number of carbonyl (C=O) groups is 2. The third-order valence-corrected chi connectivity index (χ3v) is 5.07. The predicted molar refractivity (Wildman–Crippen MR) is 113 cm³/mol. The minimum absolute atomic E-state index is 0.165. The van der Waals surface area contributed by atoms with Gasteiger partial charge in [-0.05, 0) is 43.5 Å². The van der Waals surface area contributed by atoms with Gasteiger partial charge >= 0.3 is 5.97 Å². The van der Waals surface area contributed by atoms with Crippen LogP contribution in [0.4, 0.5) is 0 Å². The molecule has 1 aliphatic rings. The maximum atomic E-state index is 12.7. The summed E-state index contributed by atoms with van der Waals surface area (Å²) in [6.07, 6.45) is 5.12. The Kier molecular flexibility index (Phi) is 6.16. The van der Waals surface area contributed by atoms with Crippen molar-refractivity contribution in [1.29, 1.82) is 0 Å². The molecular weight excluding hydrogens is 396 g/mol. The van der Waals surface area contributed by atoms with Gasteiger partial charge in [0.1, 0.15) is 18.0 Å². The van der Waals surface area contributed by atoms with E-state index in [2.05, 4.69) is 10.3 Å². The van der Waals surface area contributed by atoms with Crippen LogP contribution in [-0.2, 0) is 16.1 Å². The zero-order valence-corrected chi connectivity index (χ0v) is 16.9. The Morgan fingerprint density at radius 3 is 2.65 bits per heavy atom. The van der Waals surface area contributed by atoms with E-state index in [1.54, 1.807) is 53.4 Å². The molecule has 0 bridgehead atoms. The molecule has 2 aromatic heterocycles. The van der Waals surface area contributed by atoms with Crippen LogP contribution in [0.5, 0.6) is 5.75 Å². The van der Waals surface area contributed by atoms with Crippen molar-refractivity contribution in [3.8, 4) is 17.0 Å². The molecular formula is C23H22N4O4. The van der Waals surface area contributed by atoms with E-state index < -0.39 is 24.3 Å². The van der Waals surface area contributed by atoms with E-state index in [0.29, 0.717) is 30.2 Å². The molecule has 3 heterocycles. The zero-order valence-electron chi connectivity index (χ0n) is 16.9. The van der Waals surface area contributed by atoms with Crippen LogP contribution < -0.4 is 15.6 Å². The first-order chi connectivity index (χ1) is 15.1. The molecule has 0 radical (unpaired) electrons. The van der Waals surface area contributed by atoms with Gasteiger partial charge in [-0.1, -0.05) is 18.2 Å². The topological polar surface area (TPSA) is 103 Å². The van der Waals surface area contributed by atoms with E-state index in [0.717, 1.165) is 18.4 Å². The fourth-order valence-corrected chi connectivity index (χ4v) is 3.60. The molecule has 31 heavy (non-hydrogen) atoms. The molecule has 8 heteroatoms. The highest BCUT2D eigenvalue weighted by atomic mass is 16.5. The van der Waals surface area contributed by atoms with Crippen LogP contribution in [0, 0.1) is 0 Å². The van der Waals surface area contributed by atoms with Crippen molar-refractivity contribution in [3.05, 3.63) is 77.1 Å². The lowest BCUT2D eigenvalue weighted by molar-refractivity contribution is -0.138. The van der Waals surface area contributed by atoms with E-state index >= 15 is 0 Å². The summed E-state index contributed by atoms with van der Waals surface area (Å²) in [7, 11) is 0. The number of aromatic nitrogens is 3. The van der Waals surface area contributed by atoms with Crippen molar-refractivity contribution in [1.82, 2.24) is 19.9 Å². The Balaban J connectivity index is 1.53. The maximum absolute atomic E-state index is 12.7. The van der Waals surface area contributed by atoms with E-state index in [9.17, 15) is 14.4 Å². The summed E-state index contributed by atoms with van der Waals surface area (Å²) in [5, 5.41) is 2.86. The van der Waals surface area contributed by atoms with Gasteiger partial charge in [0, 0.05) is 30.6 Å². The first-order valence-corrected chi connectivity index (χ1v) is 10.2. The van der Waals surface area contributed by atoms with Gasteiger partial charge < -0.3 is 10.1 Å². The second kappa shape index (κ2) is 9.34. The van der Waals surface area contributed by atoms with Gasteiger partial charge in [-0.2, -0.15) is 0 Å². The monoisotopic (exact) mass is 418 g/mol. The average Bonchev–Trinajstić information content (AvgIpc) is 2.97. The molecule has 4 rings (SSSR count). The molecule has 1 unspecified atom stereocenters. The van der Waals surface area contributed by atoms with E-state index in [4.69, 9.17) is 9.72 Å². The number of ether oxygens (including phenoxy) is 1. The number of esters is 1. The standard InChI is InChI=1S/C23H22N4O4/c28-20(15-22(30)31-17-6-2-1-3-7-17)25-18-8-4-5-13-27-21(29)14-19(26-23(18)27)16-9-11-24-12-10-16/h1-3,6-7,9-12,14,18H,4-5,8,13,15H2,(H,25,28). The molecule has 0 aliphatic carbocycles. The Morgan fingerprint density at radius 2 is 1.87 bits per heavy atom.